The van der Waals surface area contributed by atoms with Gasteiger partial charge in [-0.15, -0.1) is 0 Å². The first-order valence-electron chi connectivity index (χ1n) is 12.0. The smallest absolute Gasteiger partial charge is 0.260 e. The van der Waals surface area contributed by atoms with Gasteiger partial charge in [0.05, 0.1) is 24.3 Å². The molecule has 0 N–H and O–H groups in total. The van der Waals surface area contributed by atoms with Crippen molar-refractivity contribution < 1.29 is 18.6 Å². The SMILES string of the molecule is CC[C@H]1O[C@@H](BN2CCC[C@H]2C=O)C(C)[C@H]1O[P@@]1O[C@H](c2ccccc2)[C@@H]2CCCN21. The van der Waals surface area contributed by atoms with Gasteiger partial charge in [0.25, 0.3) is 8.53 Å². The highest BCUT2D eigenvalue weighted by Crippen LogP contribution is 2.61. The maximum Gasteiger partial charge on any atom is 0.260 e. The molecule has 8 atom stereocenters. The zero-order valence-electron chi connectivity index (χ0n) is 18.6. The molecule has 0 amide bonds. The van der Waals surface area contributed by atoms with E-state index in [1.165, 1.54) is 18.4 Å². The molecular formula is C23H34BN2O4P. The van der Waals surface area contributed by atoms with Crippen LogP contribution in [0.25, 0.3) is 0 Å². The number of ether oxygens (including phenoxy) is 1. The van der Waals surface area contributed by atoms with Gasteiger partial charge in [-0.3, -0.25) is 0 Å². The lowest BCUT2D eigenvalue weighted by Gasteiger charge is -2.28. The topological polar surface area (TPSA) is 51.2 Å². The van der Waals surface area contributed by atoms with Crippen molar-refractivity contribution in [2.45, 2.75) is 82.4 Å². The molecule has 5 rings (SSSR count). The van der Waals surface area contributed by atoms with Gasteiger partial charge in [0.15, 0.2) is 0 Å². The van der Waals surface area contributed by atoms with E-state index < -0.39 is 8.53 Å². The second-order valence-electron chi connectivity index (χ2n) is 9.44. The summed E-state index contributed by atoms with van der Waals surface area (Å²) >= 11 is 0. The molecule has 0 aromatic heterocycles. The molecule has 4 saturated heterocycles. The van der Waals surface area contributed by atoms with E-state index in [4.69, 9.17) is 13.8 Å². The van der Waals surface area contributed by atoms with Crippen LogP contribution in [0.15, 0.2) is 30.3 Å². The number of carbonyl (C=O) groups is 1. The van der Waals surface area contributed by atoms with E-state index in [1.807, 2.05) is 0 Å². The maximum atomic E-state index is 11.4. The van der Waals surface area contributed by atoms with Gasteiger partial charge in [-0.1, -0.05) is 44.2 Å². The van der Waals surface area contributed by atoms with Crippen molar-refractivity contribution in [2.75, 3.05) is 13.1 Å². The van der Waals surface area contributed by atoms with Crippen molar-refractivity contribution in [3.05, 3.63) is 35.9 Å². The zero-order valence-corrected chi connectivity index (χ0v) is 19.5. The Morgan fingerprint density at radius 1 is 1.23 bits per heavy atom. The second kappa shape index (κ2) is 9.58. The molecule has 1 aromatic rings. The second-order valence-corrected chi connectivity index (χ2v) is 10.8. The Labute approximate surface area is 187 Å². The molecule has 8 heteroatoms. The molecule has 0 radical (unpaired) electrons. The highest BCUT2D eigenvalue weighted by Gasteiger charge is 2.51. The normalized spacial score (nSPS) is 41.0. The van der Waals surface area contributed by atoms with Crippen molar-refractivity contribution in [1.82, 2.24) is 9.48 Å². The van der Waals surface area contributed by atoms with Crippen molar-refractivity contribution in [3.63, 3.8) is 0 Å². The Morgan fingerprint density at radius 2 is 2.03 bits per heavy atom. The van der Waals surface area contributed by atoms with Crippen molar-refractivity contribution in [1.29, 1.82) is 0 Å². The number of nitrogens with zero attached hydrogens (tertiary/aromatic N) is 2. The molecule has 4 fully saturated rings. The minimum Gasteiger partial charge on any atom is -0.379 e. The minimum absolute atomic E-state index is 0.0363. The van der Waals surface area contributed by atoms with E-state index in [0.29, 0.717) is 6.04 Å². The molecule has 0 spiro atoms. The fraction of sp³-hybridized carbons (Fsp3) is 0.696. The predicted octanol–water partition coefficient (Wildman–Crippen LogP) is 3.62. The zero-order chi connectivity index (χ0) is 21.4. The van der Waals surface area contributed by atoms with Gasteiger partial charge in [-0.05, 0) is 44.2 Å². The Bertz CT molecular complexity index is 758. The van der Waals surface area contributed by atoms with E-state index in [0.717, 1.165) is 46.1 Å². The van der Waals surface area contributed by atoms with Crippen LogP contribution in [-0.2, 0) is 18.6 Å². The van der Waals surface area contributed by atoms with E-state index >= 15 is 0 Å². The van der Waals surface area contributed by atoms with Crippen LogP contribution in [-0.4, -0.2) is 66.6 Å². The molecule has 0 saturated carbocycles. The summed E-state index contributed by atoms with van der Waals surface area (Å²) in [6.07, 6.45) is 6.69. The number of hydrogen-bond donors (Lipinski definition) is 0. The minimum atomic E-state index is -1.08. The lowest BCUT2D eigenvalue weighted by atomic mass is 9.74. The first-order valence-corrected chi connectivity index (χ1v) is 13.1. The third kappa shape index (κ3) is 4.26. The van der Waals surface area contributed by atoms with E-state index in [-0.39, 0.29) is 36.3 Å². The van der Waals surface area contributed by atoms with Crippen LogP contribution in [0.4, 0.5) is 0 Å². The standard InChI is InChI=1S/C23H34BN2O4P/c1-3-20-21(16(2)23(28-20)24-25-13-7-11-18(25)15-27)29-31-26-14-8-12-19(26)22(30-31)17-9-5-4-6-10-17/h4-6,9-10,15-16,18-24H,3,7-8,11-14H2,1-2H3/t16?,18-,19-,20+,21+,22+,23+,31-/m0/s1. The number of benzene rings is 1. The molecule has 31 heavy (non-hydrogen) atoms. The average molecular weight is 444 g/mol. The van der Waals surface area contributed by atoms with Crippen LogP contribution >= 0.6 is 8.53 Å². The molecule has 4 aliphatic rings. The first-order chi connectivity index (χ1) is 15.2. The lowest BCUT2D eigenvalue weighted by Crippen LogP contribution is -2.42. The van der Waals surface area contributed by atoms with Gasteiger partial charge < -0.3 is 23.4 Å². The molecule has 1 aromatic carbocycles. The fourth-order valence-corrected chi connectivity index (χ4v) is 7.84. The number of carbonyl (C=O) groups excluding carboxylic acids is 1. The van der Waals surface area contributed by atoms with Crippen molar-refractivity contribution in [3.8, 4) is 0 Å². The quantitative estimate of drug-likeness (QED) is 0.364. The van der Waals surface area contributed by atoms with Gasteiger partial charge in [0, 0.05) is 18.5 Å². The molecule has 0 aliphatic carbocycles. The van der Waals surface area contributed by atoms with Gasteiger partial charge in [-0.2, -0.15) is 0 Å². The number of rotatable bonds is 7. The van der Waals surface area contributed by atoms with Crippen molar-refractivity contribution in [2.24, 2.45) is 5.92 Å². The number of hydrogen-bond acceptors (Lipinski definition) is 6. The summed E-state index contributed by atoms with van der Waals surface area (Å²) < 4.78 is 22.3. The van der Waals surface area contributed by atoms with Crippen LogP contribution in [0, 0.1) is 5.92 Å². The Balaban J connectivity index is 1.28. The van der Waals surface area contributed by atoms with Crippen LogP contribution in [0.1, 0.15) is 57.6 Å². The highest BCUT2D eigenvalue weighted by atomic mass is 31.2. The maximum absolute atomic E-state index is 11.4. The molecule has 0 bridgehead atoms. The number of fused-ring (bicyclic) bond motifs is 1. The molecule has 4 aliphatic heterocycles. The summed E-state index contributed by atoms with van der Waals surface area (Å²) in [6.45, 7) is 6.46. The fourth-order valence-electron chi connectivity index (χ4n) is 5.77. The summed E-state index contributed by atoms with van der Waals surface area (Å²) in [4.78, 5) is 13.7. The Kier molecular flexibility index (Phi) is 6.80. The van der Waals surface area contributed by atoms with Gasteiger partial charge in [0.1, 0.15) is 12.4 Å². The summed E-state index contributed by atoms with van der Waals surface area (Å²) in [6, 6.07) is 11.2. The molecule has 6 nitrogen and oxygen atoms in total. The van der Waals surface area contributed by atoms with Crippen LogP contribution in [0.2, 0.25) is 0 Å². The number of aldehydes is 1. The molecule has 4 heterocycles. The van der Waals surface area contributed by atoms with Gasteiger partial charge in [-0.25, -0.2) is 4.67 Å². The Morgan fingerprint density at radius 3 is 2.81 bits per heavy atom. The highest BCUT2D eigenvalue weighted by molar-refractivity contribution is 7.45. The molecule has 168 valence electrons. The third-order valence-corrected chi connectivity index (χ3v) is 9.33. The largest absolute Gasteiger partial charge is 0.379 e. The first kappa shape index (κ1) is 22.0. The van der Waals surface area contributed by atoms with E-state index in [1.54, 1.807) is 0 Å². The van der Waals surface area contributed by atoms with Crippen molar-refractivity contribution >= 4 is 22.2 Å². The van der Waals surface area contributed by atoms with E-state index in [9.17, 15) is 4.79 Å². The van der Waals surface area contributed by atoms with Crippen LogP contribution in [0.5, 0.6) is 0 Å². The molecule has 1 unspecified atom stereocenters. The van der Waals surface area contributed by atoms with Crippen LogP contribution < -0.4 is 0 Å². The average Bonchev–Trinajstić information content (AvgIpc) is 3.56. The summed E-state index contributed by atoms with van der Waals surface area (Å²) in [5.74, 6) is 0.279. The summed E-state index contributed by atoms with van der Waals surface area (Å²) in [5.41, 5.74) is 1.25. The van der Waals surface area contributed by atoms with Gasteiger partial charge >= 0.3 is 0 Å². The third-order valence-electron chi connectivity index (χ3n) is 7.58. The Hall–Kier alpha value is -0.815. The summed E-state index contributed by atoms with van der Waals surface area (Å²) in [7, 11) is -0.263. The summed E-state index contributed by atoms with van der Waals surface area (Å²) in [5, 5.41) is 0. The van der Waals surface area contributed by atoms with Crippen LogP contribution in [0.3, 0.4) is 0 Å². The monoisotopic (exact) mass is 444 g/mol. The predicted molar refractivity (Wildman–Crippen MR) is 123 cm³/mol. The van der Waals surface area contributed by atoms with Gasteiger partial charge in [0.2, 0.25) is 7.41 Å². The molecular weight excluding hydrogens is 410 g/mol. The van der Waals surface area contributed by atoms with E-state index in [2.05, 4.69) is 53.7 Å². The lowest BCUT2D eigenvalue weighted by molar-refractivity contribution is -0.110.